The van der Waals surface area contributed by atoms with Gasteiger partial charge in [0.2, 0.25) is 0 Å². The lowest BCUT2D eigenvalue weighted by molar-refractivity contribution is 0.0171. The highest BCUT2D eigenvalue weighted by Gasteiger charge is 2.15. The van der Waals surface area contributed by atoms with Crippen molar-refractivity contribution >= 4 is 5.69 Å². The van der Waals surface area contributed by atoms with Gasteiger partial charge in [0, 0.05) is 31.9 Å². The first kappa shape index (κ1) is 16.3. The summed E-state index contributed by atoms with van der Waals surface area (Å²) in [6, 6.07) is 6.44. The third-order valence-electron chi connectivity index (χ3n) is 4.09. The fraction of sp³-hybridized carbons (Fsp3) is 0.647. The number of nitrogens with zero attached hydrogens (tertiary/aromatic N) is 1. The van der Waals surface area contributed by atoms with Gasteiger partial charge in [-0.05, 0) is 24.0 Å². The number of aliphatic hydroxyl groups is 1. The number of hydrogen-bond acceptors (Lipinski definition) is 4. The Bertz CT molecular complexity index is 409. The number of para-hydroxylation sites is 1. The molecule has 1 aliphatic rings. The second kappa shape index (κ2) is 8.37. The minimum Gasteiger partial charge on any atom is -0.390 e. The number of anilines is 1. The zero-order valence-corrected chi connectivity index (χ0v) is 13.3. The van der Waals surface area contributed by atoms with Gasteiger partial charge in [0.15, 0.2) is 0 Å². The van der Waals surface area contributed by atoms with Crippen molar-refractivity contribution < 1.29 is 9.84 Å². The SMILES string of the molecule is CCc1cccc(CC)c1NCC(O)CN1CCOCC1. The maximum atomic E-state index is 10.2. The molecule has 1 aliphatic heterocycles. The first-order chi connectivity index (χ1) is 10.2. The van der Waals surface area contributed by atoms with Gasteiger partial charge in [-0.1, -0.05) is 32.0 Å². The summed E-state index contributed by atoms with van der Waals surface area (Å²) in [5.74, 6) is 0. The lowest BCUT2D eigenvalue weighted by Gasteiger charge is -2.29. The second-order valence-corrected chi connectivity index (χ2v) is 5.61. The standard InChI is InChI=1S/C17H28N2O2/c1-3-14-6-5-7-15(4-2)17(14)18-12-16(20)13-19-8-10-21-11-9-19/h5-7,16,18,20H,3-4,8-13H2,1-2H3. The van der Waals surface area contributed by atoms with E-state index in [1.54, 1.807) is 0 Å². The summed E-state index contributed by atoms with van der Waals surface area (Å²) in [6.45, 7) is 9.05. The third-order valence-corrected chi connectivity index (χ3v) is 4.09. The molecule has 0 amide bonds. The fourth-order valence-electron chi connectivity index (χ4n) is 2.84. The summed E-state index contributed by atoms with van der Waals surface area (Å²) in [7, 11) is 0. The molecular formula is C17H28N2O2. The van der Waals surface area contributed by atoms with Gasteiger partial charge in [0.1, 0.15) is 0 Å². The molecule has 0 radical (unpaired) electrons. The number of ether oxygens (including phenoxy) is 1. The van der Waals surface area contributed by atoms with Gasteiger partial charge in [-0.25, -0.2) is 0 Å². The Morgan fingerprint density at radius 2 is 1.81 bits per heavy atom. The maximum absolute atomic E-state index is 10.2. The van der Waals surface area contributed by atoms with Crippen LogP contribution in [0.15, 0.2) is 18.2 Å². The van der Waals surface area contributed by atoms with Crippen LogP contribution in [0.5, 0.6) is 0 Å². The molecular weight excluding hydrogens is 264 g/mol. The Labute approximate surface area is 128 Å². The molecule has 2 N–H and O–H groups in total. The van der Waals surface area contributed by atoms with Crippen molar-refractivity contribution in [2.24, 2.45) is 0 Å². The van der Waals surface area contributed by atoms with Crippen molar-refractivity contribution in [2.45, 2.75) is 32.8 Å². The summed E-state index contributed by atoms with van der Waals surface area (Å²) < 4.78 is 5.33. The normalized spacial score (nSPS) is 17.7. The number of β-amino-alcohol motifs (C(OH)–C–C–N with tert-alkyl or cyclic N) is 1. The average molecular weight is 292 g/mol. The minimum absolute atomic E-state index is 0.349. The Morgan fingerprint density at radius 3 is 2.38 bits per heavy atom. The van der Waals surface area contributed by atoms with Crippen LogP contribution in [0.1, 0.15) is 25.0 Å². The molecule has 1 unspecified atom stereocenters. The summed E-state index contributed by atoms with van der Waals surface area (Å²) in [5, 5.41) is 13.7. The van der Waals surface area contributed by atoms with Crippen molar-refractivity contribution in [3.63, 3.8) is 0 Å². The molecule has 4 heteroatoms. The molecule has 4 nitrogen and oxygen atoms in total. The van der Waals surface area contributed by atoms with Crippen molar-refractivity contribution in [2.75, 3.05) is 44.7 Å². The number of hydrogen-bond donors (Lipinski definition) is 2. The van der Waals surface area contributed by atoms with Crippen LogP contribution in [-0.4, -0.2) is 55.5 Å². The molecule has 0 aromatic heterocycles. The number of benzene rings is 1. The molecule has 0 aliphatic carbocycles. The van der Waals surface area contributed by atoms with Crippen molar-refractivity contribution in [1.82, 2.24) is 4.90 Å². The lowest BCUT2D eigenvalue weighted by atomic mass is 10.0. The summed E-state index contributed by atoms with van der Waals surface area (Å²) >= 11 is 0. The molecule has 1 aromatic carbocycles. The number of aryl methyl sites for hydroxylation is 2. The van der Waals surface area contributed by atoms with Crippen molar-refractivity contribution in [3.05, 3.63) is 29.3 Å². The van der Waals surface area contributed by atoms with Crippen LogP contribution >= 0.6 is 0 Å². The topological polar surface area (TPSA) is 44.7 Å². The number of rotatable bonds is 7. The molecule has 2 rings (SSSR count). The molecule has 21 heavy (non-hydrogen) atoms. The van der Waals surface area contributed by atoms with Crippen LogP contribution in [0.25, 0.3) is 0 Å². The van der Waals surface area contributed by atoms with Crippen LogP contribution < -0.4 is 5.32 Å². The molecule has 1 atom stereocenters. The fourth-order valence-corrected chi connectivity index (χ4v) is 2.84. The van der Waals surface area contributed by atoms with Crippen LogP contribution in [0.2, 0.25) is 0 Å². The van der Waals surface area contributed by atoms with Gasteiger partial charge in [-0.15, -0.1) is 0 Å². The highest BCUT2D eigenvalue weighted by Crippen LogP contribution is 2.22. The molecule has 0 spiro atoms. The zero-order valence-electron chi connectivity index (χ0n) is 13.3. The Hall–Kier alpha value is -1.10. The van der Waals surface area contributed by atoms with E-state index in [2.05, 4.69) is 42.3 Å². The van der Waals surface area contributed by atoms with E-state index in [0.717, 1.165) is 39.1 Å². The van der Waals surface area contributed by atoms with Crippen LogP contribution in [-0.2, 0) is 17.6 Å². The highest BCUT2D eigenvalue weighted by atomic mass is 16.5. The number of aliphatic hydroxyl groups excluding tert-OH is 1. The Kier molecular flexibility index (Phi) is 6.49. The van der Waals surface area contributed by atoms with E-state index >= 15 is 0 Å². The lowest BCUT2D eigenvalue weighted by Crippen LogP contribution is -2.42. The van der Waals surface area contributed by atoms with Crippen LogP contribution in [0.4, 0.5) is 5.69 Å². The first-order valence-electron chi connectivity index (χ1n) is 8.07. The largest absolute Gasteiger partial charge is 0.390 e. The zero-order chi connectivity index (χ0) is 15.1. The minimum atomic E-state index is -0.349. The van der Waals surface area contributed by atoms with Gasteiger partial charge in [-0.2, -0.15) is 0 Å². The monoisotopic (exact) mass is 292 g/mol. The molecule has 1 aromatic rings. The van der Waals surface area contributed by atoms with E-state index in [-0.39, 0.29) is 6.10 Å². The predicted octanol–water partition coefficient (Wildman–Crippen LogP) is 1.92. The average Bonchev–Trinajstić information content (AvgIpc) is 2.53. The van der Waals surface area contributed by atoms with E-state index in [1.807, 2.05) is 0 Å². The van der Waals surface area contributed by atoms with E-state index in [9.17, 15) is 5.11 Å². The van der Waals surface area contributed by atoms with Crippen molar-refractivity contribution in [3.8, 4) is 0 Å². The second-order valence-electron chi connectivity index (χ2n) is 5.61. The molecule has 1 heterocycles. The number of morpholine rings is 1. The van der Waals surface area contributed by atoms with Crippen LogP contribution in [0.3, 0.4) is 0 Å². The van der Waals surface area contributed by atoms with Crippen molar-refractivity contribution in [1.29, 1.82) is 0 Å². The summed E-state index contributed by atoms with van der Waals surface area (Å²) in [5.41, 5.74) is 3.87. The van der Waals surface area contributed by atoms with Gasteiger partial charge in [0.05, 0.1) is 19.3 Å². The Balaban J connectivity index is 1.89. The third kappa shape index (κ3) is 4.70. The quantitative estimate of drug-likeness (QED) is 0.806. The maximum Gasteiger partial charge on any atom is 0.0839 e. The van der Waals surface area contributed by atoms with Crippen LogP contribution in [0, 0.1) is 0 Å². The van der Waals surface area contributed by atoms with E-state index in [1.165, 1.54) is 16.8 Å². The van der Waals surface area contributed by atoms with Gasteiger partial charge < -0.3 is 15.2 Å². The smallest absolute Gasteiger partial charge is 0.0839 e. The molecule has 0 bridgehead atoms. The highest BCUT2D eigenvalue weighted by molar-refractivity contribution is 5.58. The molecule has 0 saturated carbocycles. The summed E-state index contributed by atoms with van der Waals surface area (Å²) in [4.78, 5) is 2.27. The molecule has 1 saturated heterocycles. The summed E-state index contributed by atoms with van der Waals surface area (Å²) in [6.07, 6.45) is 1.67. The Morgan fingerprint density at radius 1 is 1.19 bits per heavy atom. The van der Waals surface area contributed by atoms with E-state index in [4.69, 9.17) is 4.74 Å². The van der Waals surface area contributed by atoms with Gasteiger partial charge in [-0.3, -0.25) is 4.90 Å². The van der Waals surface area contributed by atoms with E-state index < -0.39 is 0 Å². The van der Waals surface area contributed by atoms with E-state index in [0.29, 0.717) is 13.1 Å². The molecule has 1 fully saturated rings. The predicted molar refractivity (Wildman–Crippen MR) is 87.0 cm³/mol. The first-order valence-corrected chi connectivity index (χ1v) is 8.07. The van der Waals surface area contributed by atoms with Gasteiger partial charge >= 0.3 is 0 Å². The van der Waals surface area contributed by atoms with Gasteiger partial charge in [0.25, 0.3) is 0 Å². The molecule has 118 valence electrons. The number of nitrogens with one attached hydrogen (secondary N) is 1.